The van der Waals surface area contributed by atoms with Gasteiger partial charge >= 0.3 is 6.03 Å². The molecule has 5 heteroatoms. The van der Waals surface area contributed by atoms with E-state index in [1.807, 2.05) is 6.92 Å². The summed E-state index contributed by atoms with van der Waals surface area (Å²) in [6.07, 6.45) is 0.892. The lowest BCUT2D eigenvalue weighted by atomic mass is 10.3. The molecule has 0 aliphatic rings. The topological polar surface area (TPSA) is 67.2 Å². The van der Waals surface area contributed by atoms with Gasteiger partial charge in [0, 0.05) is 11.6 Å². The van der Waals surface area contributed by atoms with E-state index in [0.29, 0.717) is 22.9 Å². The molecule has 1 rings (SSSR count). The highest BCUT2D eigenvalue weighted by Crippen LogP contribution is 2.22. The van der Waals surface area contributed by atoms with Crippen LogP contribution in [0.2, 0.25) is 5.02 Å². The fraction of sp³-hybridized carbons (Fsp3) is 0.300. The maximum atomic E-state index is 11.3. The van der Waals surface area contributed by atoms with Crippen LogP contribution in [0.15, 0.2) is 18.2 Å². The summed E-state index contributed by atoms with van der Waals surface area (Å²) in [4.78, 5) is 11.3. The average Bonchev–Trinajstić information content (AvgIpc) is 2.19. The first kappa shape index (κ1) is 11.7. The minimum Gasteiger partial charge on any atom is -0.397 e. The van der Waals surface area contributed by atoms with Gasteiger partial charge in [0.1, 0.15) is 0 Å². The lowest BCUT2D eigenvalue weighted by Crippen LogP contribution is -2.29. The van der Waals surface area contributed by atoms with Crippen molar-refractivity contribution in [1.29, 1.82) is 0 Å². The number of rotatable bonds is 3. The average molecular weight is 228 g/mol. The molecule has 0 heterocycles. The Balaban J connectivity index is 2.60. The highest BCUT2D eigenvalue weighted by Gasteiger charge is 2.03. The van der Waals surface area contributed by atoms with E-state index in [9.17, 15) is 4.79 Å². The molecule has 0 bridgehead atoms. The van der Waals surface area contributed by atoms with E-state index in [4.69, 9.17) is 17.3 Å². The van der Waals surface area contributed by atoms with Crippen LogP contribution in [0, 0.1) is 0 Å². The largest absolute Gasteiger partial charge is 0.397 e. The first-order chi connectivity index (χ1) is 7.13. The maximum absolute atomic E-state index is 11.3. The van der Waals surface area contributed by atoms with Gasteiger partial charge in [0.15, 0.2) is 0 Å². The van der Waals surface area contributed by atoms with Gasteiger partial charge in [-0.05, 0) is 24.6 Å². The summed E-state index contributed by atoms with van der Waals surface area (Å²) in [6, 6.07) is 4.68. The van der Waals surface area contributed by atoms with Gasteiger partial charge in [-0.2, -0.15) is 0 Å². The number of nitrogens with two attached hydrogens (primary N) is 1. The van der Waals surface area contributed by atoms with Crippen molar-refractivity contribution in [3.63, 3.8) is 0 Å². The molecule has 0 unspecified atom stereocenters. The van der Waals surface area contributed by atoms with Crippen molar-refractivity contribution < 1.29 is 4.79 Å². The summed E-state index contributed by atoms with van der Waals surface area (Å²) in [7, 11) is 0. The van der Waals surface area contributed by atoms with Crippen molar-refractivity contribution in [3.8, 4) is 0 Å². The van der Waals surface area contributed by atoms with E-state index in [-0.39, 0.29) is 6.03 Å². The SMILES string of the molecule is CCCNC(=O)Nc1ccc(Cl)cc1N. The Labute approximate surface area is 93.8 Å². The number of halogens is 1. The summed E-state index contributed by atoms with van der Waals surface area (Å²) in [6.45, 7) is 2.62. The predicted molar refractivity (Wildman–Crippen MR) is 63.2 cm³/mol. The third-order valence-corrected chi connectivity index (χ3v) is 2.03. The molecular weight excluding hydrogens is 214 g/mol. The van der Waals surface area contributed by atoms with Crippen LogP contribution in [-0.2, 0) is 0 Å². The summed E-state index contributed by atoms with van der Waals surface area (Å²) in [5.41, 5.74) is 6.69. The molecule has 0 spiro atoms. The first-order valence-corrected chi connectivity index (χ1v) is 5.11. The van der Waals surface area contributed by atoms with Crippen molar-refractivity contribution in [2.24, 2.45) is 0 Å². The Hall–Kier alpha value is -1.42. The van der Waals surface area contributed by atoms with Gasteiger partial charge in [-0.3, -0.25) is 0 Å². The van der Waals surface area contributed by atoms with Crippen LogP contribution in [0.5, 0.6) is 0 Å². The van der Waals surface area contributed by atoms with Crippen LogP contribution in [0.25, 0.3) is 0 Å². The zero-order valence-electron chi connectivity index (χ0n) is 8.51. The fourth-order valence-electron chi connectivity index (χ4n) is 1.05. The number of nitrogen functional groups attached to an aromatic ring is 1. The van der Waals surface area contributed by atoms with Crippen LogP contribution in [-0.4, -0.2) is 12.6 Å². The van der Waals surface area contributed by atoms with E-state index >= 15 is 0 Å². The van der Waals surface area contributed by atoms with Gasteiger partial charge < -0.3 is 16.4 Å². The second-order valence-electron chi connectivity index (χ2n) is 3.11. The fourth-order valence-corrected chi connectivity index (χ4v) is 1.23. The molecule has 0 aliphatic heterocycles. The second-order valence-corrected chi connectivity index (χ2v) is 3.55. The molecule has 4 nitrogen and oxygen atoms in total. The van der Waals surface area contributed by atoms with Gasteiger partial charge in [0.2, 0.25) is 0 Å². The molecule has 15 heavy (non-hydrogen) atoms. The Morgan fingerprint density at radius 1 is 1.53 bits per heavy atom. The lowest BCUT2D eigenvalue weighted by molar-refractivity contribution is 0.252. The predicted octanol–water partition coefficient (Wildman–Crippen LogP) is 2.45. The van der Waals surface area contributed by atoms with Crippen molar-refractivity contribution in [3.05, 3.63) is 23.2 Å². The third kappa shape index (κ3) is 3.67. The monoisotopic (exact) mass is 227 g/mol. The Morgan fingerprint density at radius 3 is 2.87 bits per heavy atom. The van der Waals surface area contributed by atoms with E-state index in [2.05, 4.69) is 10.6 Å². The number of anilines is 2. The number of nitrogens with one attached hydrogen (secondary N) is 2. The van der Waals surface area contributed by atoms with Gasteiger partial charge in [0.05, 0.1) is 11.4 Å². The molecule has 82 valence electrons. The van der Waals surface area contributed by atoms with Crippen molar-refractivity contribution in [1.82, 2.24) is 5.32 Å². The van der Waals surface area contributed by atoms with Crippen molar-refractivity contribution >= 4 is 29.0 Å². The van der Waals surface area contributed by atoms with Crippen LogP contribution in [0.3, 0.4) is 0 Å². The number of benzene rings is 1. The summed E-state index contributed by atoms with van der Waals surface area (Å²) >= 11 is 5.73. The van der Waals surface area contributed by atoms with E-state index in [1.54, 1.807) is 18.2 Å². The van der Waals surface area contributed by atoms with Gasteiger partial charge in [-0.15, -0.1) is 0 Å². The molecular formula is C10H14ClN3O. The molecule has 1 aromatic carbocycles. The Morgan fingerprint density at radius 2 is 2.27 bits per heavy atom. The van der Waals surface area contributed by atoms with Crippen molar-refractivity contribution in [2.45, 2.75) is 13.3 Å². The number of amides is 2. The molecule has 4 N–H and O–H groups in total. The minimum absolute atomic E-state index is 0.258. The van der Waals surface area contributed by atoms with Crippen LogP contribution >= 0.6 is 11.6 Å². The van der Waals surface area contributed by atoms with Gasteiger partial charge in [-0.25, -0.2) is 4.79 Å². The molecule has 1 aromatic rings. The first-order valence-electron chi connectivity index (χ1n) is 4.73. The number of hydrogen-bond donors (Lipinski definition) is 3. The normalized spacial score (nSPS) is 9.73. The zero-order chi connectivity index (χ0) is 11.3. The van der Waals surface area contributed by atoms with Gasteiger partial charge in [-0.1, -0.05) is 18.5 Å². The molecule has 0 atom stereocenters. The smallest absolute Gasteiger partial charge is 0.319 e. The number of carbonyl (C=O) groups excluding carboxylic acids is 1. The van der Waals surface area contributed by atoms with Crippen LogP contribution in [0.4, 0.5) is 16.2 Å². The molecule has 0 fully saturated rings. The molecule has 2 amide bonds. The van der Waals surface area contributed by atoms with Crippen LogP contribution in [0.1, 0.15) is 13.3 Å². The molecule has 0 radical (unpaired) electrons. The third-order valence-electron chi connectivity index (χ3n) is 1.80. The number of urea groups is 1. The van der Waals surface area contributed by atoms with Crippen molar-refractivity contribution in [2.75, 3.05) is 17.6 Å². The molecule has 0 aliphatic carbocycles. The lowest BCUT2D eigenvalue weighted by Gasteiger charge is -2.09. The standard InChI is InChI=1S/C10H14ClN3O/c1-2-5-13-10(15)14-9-4-3-7(11)6-8(9)12/h3-4,6H,2,5,12H2,1H3,(H2,13,14,15). The maximum Gasteiger partial charge on any atom is 0.319 e. The van der Waals surface area contributed by atoms with Gasteiger partial charge in [0.25, 0.3) is 0 Å². The molecule has 0 saturated heterocycles. The zero-order valence-corrected chi connectivity index (χ0v) is 9.27. The quantitative estimate of drug-likeness (QED) is 0.695. The Kier molecular flexibility index (Phi) is 4.24. The Bertz CT molecular complexity index is 355. The van der Waals surface area contributed by atoms with E-state index in [1.165, 1.54) is 0 Å². The molecule has 0 aromatic heterocycles. The minimum atomic E-state index is -0.258. The second kappa shape index (κ2) is 5.46. The highest BCUT2D eigenvalue weighted by molar-refractivity contribution is 6.31. The van der Waals surface area contributed by atoms with Crippen LogP contribution < -0.4 is 16.4 Å². The molecule has 0 saturated carbocycles. The number of hydrogen-bond acceptors (Lipinski definition) is 2. The summed E-state index contributed by atoms with van der Waals surface area (Å²) < 4.78 is 0. The number of carbonyl (C=O) groups is 1. The summed E-state index contributed by atoms with van der Waals surface area (Å²) in [5.74, 6) is 0. The highest BCUT2D eigenvalue weighted by atomic mass is 35.5. The summed E-state index contributed by atoms with van der Waals surface area (Å²) in [5, 5.41) is 5.87. The van der Waals surface area contributed by atoms with E-state index < -0.39 is 0 Å². The van der Waals surface area contributed by atoms with E-state index in [0.717, 1.165) is 6.42 Å².